The van der Waals surface area contributed by atoms with Crippen LogP contribution in [-0.4, -0.2) is 167 Å². The lowest BCUT2D eigenvalue weighted by atomic mass is 9.97. The summed E-state index contributed by atoms with van der Waals surface area (Å²) in [6, 6.07) is -3.12. The molecule has 6 saturated heterocycles. The Kier molecular flexibility index (Phi) is 13.8. The average molecular weight is 862 g/mol. The van der Waals surface area contributed by atoms with E-state index < -0.39 is 139 Å². The van der Waals surface area contributed by atoms with Crippen LogP contribution in [0, 0.1) is 0 Å². The van der Waals surface area contributed by atoms with Gasteiger partial charge >= 0.3 is 12.1 Å². The Morgan fingerprint density at radius 1 is 0.517 bits per heavy atom. The Morgan fingerprint density at radius 3 is 1.15 bits per heavy atom. The Hall–Kier alpha value is -2.80. The number of amides is 3. The van der Waals surface area contributed by atoms with Crippen molar-refractivity contribution in [2.24, 2.45) is 0 Å². The van der Waals surface area contributed by atoms with Gasteiger partial charge in [-0.05, 0) is 62.3 Å². The number of nitrogens with one attached hydrogen (secondary N) is 3. The SMILES string of the molecule is COC(=O)C[C@@H](NC(=O)C[C@H](NC(=O)C[C@@H](NC(=O)OC(C)(C)C)[C@H]1O[C@H](OC)[C@H]2OC(C)(C)O[C@H]21)[C@H]1O[C@H](OC)[C@H]2OC(C)(C)O[C@H]21)[C@H]1O[C@H](OC)[C@H]2OC(C)(C)O[C@H]21. The number of alkyl carbamates (subject to hydrolysis) is 1. The largest absolute Gasteiger partial charge is 0.469 e. The van der Waals surface area contributed by atoms with E-state index in [0.717, 1.165) is 0 Å². The summed E-state index contributed by atoms with van der Waals surface area (Å²) in [5.74, 6) is -4.88. The zero-order chi connectivity index (χ0) is 44.1. The van der Waals surface area contributed by atoms with Crippen LogP contribution in [0.4, 0.5) is 4.79 Å². The first-order valence-corrected chi connectivity index (χ1v) is 20.2. The van der Waals surface area contributed by atoms with Gasteiger partial charge in [-0.15, -0.1) is 0 Å². The fourth-order valence-corrected chi connectivity index (χ4v) is 8.72. The normalized spacial score (nSPS) is 37.4. The minimum Gasteiger partial charge on any atom is -0.469 e. The molecule has 0 saturated carbocycles. The van der Waals surface area contributed by atoms with Gasteiger partial charge in [-0.1, -0.05) is 0 Å². The molecule has 6 aliphatic heterocycles. The van der Waals surface area contributed by atoms with Crippen LogP contribution >= 0.6 is 0 Å². The maximum Gasteiger partial charge on any atom is 0.407 e. The molecular formula is C39H63N3O18. The van der Waals surface area contributed by atoms with Gasteiger partial charge < -0.3 is 82.3 Å². The molecule has 0 aromatic heterocycles. The zero-order valence-electron chi connectivity index (χ0n) is 36.6. The van der Waals surface area contributed by atoms with Gasteiger partial charge in [-0.3, -0.25) is 14.4 Å². The van der Waals surface area contributed by atoms with Crippen molar-refractivity contribution >= 4 is 23.9 Å². The summed E-state index contributed by atoms with van der Waals surface area (Å²) in [5.41, 5.74) is -0.864. The second-order valence-corrected chi connectivity index (χ2v) is 18.1. The lowest BCUT2D eigenvalue weighted by Gasteiger charge is -2.32. The van der Waals surface area contributed by atoms with Crippen molar-refractivity contribution in [1.29, 1.82) is 0 Å². The van der Waals surface area contributed by atoms with E-state index in [1.165, 1.54) is 28.4 Å². The van der Waals surface area contributed by atoms with Crippen LogP contribution in [0.2, 0.25) is 0 Å². The van der Waals surface area contributed by atoms with Crippen molar-refractivity contribution < 1.29 is 85.5 Å². The van der Waals surface area contributed by atoms with E-state index in [4.69, 9.17) is 66.3 Å². The van der Waals surface area contributed by atoms with E-state index >= 15 is 0 Å². The Balaban J connectivity index is 1.26. The minimum absolute atomic E-state index is 0.290. The molecular weight excluding hydrogens is 798 g/mol. The van der Waals surface area contributed by atoms with E-state index in [1.54, 1.807) is 62.3 Å². The number of hydrogen-bond acceptors (Lipinski definition) is 18. The highest BCUT2D eigenvalue weighted by molar-refractivity contribution is 5.81. The molecule has 0 aromatic carbocycles. The van der Waals surface area contributed by atoms with Gasteiger partial charge in [0.15, 0.2) is 36.2 Å². The van der Waals surface area contributed by atoms with Gasteiger partial charge in [-0.2, -0.15) is 0 Å². The monoisotopic (exact) mass is 861 g/mol. The van der Waals surface area contributed by atoms with Crippen LogP contribution in [0.5, 0.6) is 0 Å². The summed E-state index contributed by atoms with van der Waals surface area (Å²) in [6.45, 7) is 15.6. The maximum absolute atomic E-state index is 14.4. The fraction of sp³-hybridized carbons (Fsp3) is 0.897. The van der Waals surface area contributed by atoms with Gasteiger partial charge in [0.05, 0.1) is 31.7 Å². The molecule has 60 heavy (non-hydrogen) atoms. The van der Waals surface area contributed by atoms with E-state index in [9.17, 15) is 19.2 Å². The standard InChI is InChI=1S/C39H63N3O18/c1-36(2,3)60-35(46)42-18(24-27-30(33(49-12)52-24)58-38(6,7)55-27)15-21(44)40-17(23-26-29(32(48-11)51-23)57-37(4,5)54-26)14-20(43)41-19(16-22(45)47-10)25-28-31(34(50-13)53-25)59-39(8,9)56-28/h17-19,23-34H,14-16H2,1-13H3,(H,40,44)(H,41,43)(H,42,46)/t17-,18+,19+,23+,24+,25+,26-,27-,28-,29-,30-,31-,32-,33-,34-/m0/s1. The van der Waals surface area contributed by atoms with Crippen molar-refractivity contribution in [3.63, 3.8) is 0 Å². The zero-order valence-corrected chi connectivity index (χ0v) is 36.6. The van der Waals surface area contributed by atoms with E-state index in [-0.39, 0.29) is 19.3 Å². The van der Waals surface area contributed by atoms with Crippen LogP contribution in [0.3, 0.4) is 0 Å². The molecule has 0 spiro atoms. The van der Waals surface area contributed by atoms with E-state index in [1.807, 2.05) is 0 Å². The molecule has 0 aromatic rings. The van der Waals surface area contributed by atoms with Crippen LogP contribution in [-0.2, 0) is 80.7 Å². The number of methoxy groups -OCH3 is 4. The van der Waals surface area contributed by atoms with Crippen LogP contribution in [0.25, 0.3) is 0 Å². The Bertz CT molecular complexity index is 1570. The second kappa shape index (κ2) is 17.8. The molecule has 0 bridgehead atoms. The number of esters is 1. The van der Waals surface area contributed by atoms with Crippen molar-refractivity contribution in [1.82, 2.24) is 16.0 Å². The highest BCUT2D eigenvalue weighted by Gasteiger charge is 2.61. The molecule has 3 N–H and O–H groups in total. The molecule has 15 atom stereocenters. The van der Waals surface area contributed by atoms with Gasteiger partial charge in [0, 0.05) is 34.2 Å². The highest BCUT2D eigenvalue weighted by atomic mass is 16.8. The topological polar surface area (TPSA) is 234 Å². The summed E-state index contributed by atoms with van der Waals surface area (Å²) >= 11 is 0. The van der Waals surface area contributed by atoms with Crippen molar-refractivity contribution in [3.05, 3.63) is 0 Å². The number of hydrogen-bond donors (Lipinski definition) is 3. The lowest BCUT2D eigenvalue weighted by Crippen LogP contribution is -2.56. The van der Waals surface area contributed by atoms with Crippen molar-refractivity contribution in [3.8, 4) is 0 Å². The molecule has 6 fully saturated rings. The summed E-state index contributed by atoms with van der Waals surface area (Å²) in [5, 5.41) is 8.65. The summed E-state index contributed by atoms with van der Waals surface area (Å²) < 4.78 is 82.7. The third-order valence-electron chi connectivity index (χ3n) is 10.8. The first kappa shape index (κ1) is 46.7. The van der Waals surface area contributed by atoms with Crippen LogP contribution in [0.1, 0.15) is 81.6 Å². The number of carbonyl (C=O) groups is 4. The van der Waals surface area contributed by atoms with Crippen molar-refractivity contribution in [2.45, 2.75) is 196 Å². The van der Waals surface area contributed by atoms with Gasteiger partial charge in [0.2, 0.25) is 11.8 Å². The molecule has 0 radical (unpaired) electrons. The van der Waals surface area contributed by atoms with Crippen LogP contribution < -0.4 is 16.0 Å². The lowest BCUT2D eigenvalue weighted by molar-refractivity contribution is -0.230. The number of carbonyl (C=O) groups excluding carboxylic acids is 4. The number of rotatable bonds is 15. The highest BCUT2D eigenvalue weighted by Crippen LogP contribution is 2.43. The third kappa shape index (κ3) is 10.5. The second-order valence-electron chi connectivity index (χ2n) is 18.1. The molecule has 0 unspecified atom stereocenters. The van der Waals surface area contributed by atoms with Gasteiger partial charge in [-0.25, -0.2) is 4.79 Å². The molecule has 6 aliphatic rings. The molecule has 21 nitrogen and oxygen atoms in total. The predicted octanol–water partition coefficient (Wildman–Crippen LogP) is 0.867. The molecule has 342 valence electrons. The first-order valence-electron chi connectivity index (χ1n) is 20.2. The van der Waals surface area contributed by atoms with Crippen LogP contribution in [0.15, 0.2) is 0 Å². The molecule has 0 aliphatic carbocycles. The Labute approximate surface area is 349 Å². The predicted molar refractivity (Wildman–Crippen MR) is 201 cm³/mol. The molecule has 6 rings (SSSR count). The van der Waals surface area contributed by atoms with E-state index in [2.05, 4.69) is 16.0 Å². The third-order valence-corrected chi connectivity index (χ3v) is 10.8. The maximum atomic E-state index is 14.4. The summed E-state index contributed by atoms with van der Waals surface area (Å²) in [4.78, 5) is 54.6. The quantitative estimate of drug-likeness (QED) is 0.194. The smallest absolute Gasteiger partial charge is 0.407 e. The number of ether oxygens (including phenoxy) is 14. The number of fused-ring (bicyclic) bond motifs is 3. The fourth-order valence-electron chi connectivity index (χ4n) is 8.72. The van der Waals surface area contributed by atoms with E-state index in [0.29, 0.717) is 0 Å². The Morgan fingerprint density at radius 2 is 0.833 bits per heavy atom. The first-order chi connectivity index (χ1) is 28.0. The molecule has 3 amide bonds. The molecule has 21 heteroatoms. The molecule has 6 heterocycles. The summed E-state index contributed by atoms with van der Waals surface area (Å²) in [6.07, 6.45) is -11.6. The van der Waals surface area contributed by atoms with Gasteiger partial charge in [0.25, 0.3) is 0 Å². The van der Waals surface area contributed by atoms with Crippen molar-refractivity contribution in [2.75, 3.05) is 28.4 Å². The average Bonchev–Trinajstić information content (AvgIpc) is 3.94. The minimum atomic E-state index is -1.09. The summed E-state index contributed by atoms with van der Waals surface area (Å²) in [7, 11) is 5.58. The van der Waals surface area contributed by atoms with Gasteiger partial charge in [0.1, 0.15) is 60.5 Å².